The van der Waals surface area contributed by atoms with Gasteiger partial charge in [-0.2, -0.15) is 0 Å². The van der Waals surface area contributed by atoms with Crippen LogP contribution in [0.2, 0.25) is 0 Å². The summed E-state index contributed by atoms with van der Waals surface area (Å²) < 4.78 is 0. The van der Waals surface area contributed by atoms with Crippen LogP contribution in [0, 0.1) is 0 Å². The summed E-state index contributed by atoms with van der Waals surface area (Å²) in [7, 11) is 0. The average molecular weight is 217 g/mol. The van der Waals surface area contributed by atoms with E-state index in [0.717, 1.165) is 0 Å². The van der Waals surface area contributed by atoms with Gasteiger partial charge < -0.3 is 10.2 Å². The summed E-state index contributed by atoms with van der Waals surface area (Å²) in [5.41, 5.74) is 0. The molecule has 0 unspecified atom stereocenters. The van der Waals surface area contributed by atoms with Gasteiger partial charge >= 0.3 is 11.9 Å². The highest BCUT2D eigenvalue weighted by molar-refractivity contribution is 6.40. The molecule has 0 radical (unpaired) electrons. The van der Waals surface area contributed by atoms with E-state index in [4.69, 9.17) is 33.4 Å². The molecule has 0 atom stereocenters. The number of hydrogen-bond acceptors (Lipinski definition) is 2. The van der Waals surface area contributed by atoms with Crippen molar-refractivity contribution < 1.29 is 19.8 Å². The first-order chi connectivity index (χ1) is 5.54. The van der Waals surface area contributed by atoms with Gasteiger partial charge in [-0.1, -0.05) is 0 Å². The van der Waals surface area contributed by atoms with Crippen molar-refractivity contribution in [1.29, 1.82) is 0 Å². The Labute approximate surface area is 80.1 Å². The third kappa shape index (κ3) is 22.7. The lowest BCUT2D eigenvalue weighted by Gasteiger charge is -1.89. The van der Waals surface area contributed by atoms with Crippen molar-refractivity contribution in [3.63, 3.8) is 0 Å². The molecule has 0 saturated heterocycles. The average Bonchev–Trinajstić information content (AvgIpc) is 1.87. The second kappa shape index (κ2) is 10.5. The lowest BCUT2D eigenvalue weighted by Crippen LogP contribution is -1.98. The van der Waals surface area contributed by atoms with Crippen molar-refractivity contribution in [2.45, 2.75) is 19.3 Å². The molecule has 0 aromatic rings. The second-order valence-corrected chi connectivity index (χ2v) is 2.55. The number of carboxylic acid groups (broad SMARTS) is 2. The van der Waals surface area contributed by atoms with Crippen molar-refractivity contribution in [2.24, 2.45) is 0 Å². The van der Waals surface area contributed by atoms with E-state index >= 15 is 0 Å². The summed E-state index contributed by atoms with van der Waals surface area (Å²) in [5.74, 6) is -1.90. The monoisotopic (exact) mass is 216 g/mol. The number of rotatable bonds is 4. The molecule has 0 aliphatic rings. The van der Waals surface area contributed by atoms with Gasteiger partial charge in [-0.15, -0.1) is 23.2 Å². The lowest BCUT2D eigenvalue weighted by atomic mass is 10.2. The van der Waals surface area contributed by atoms with Crippen molar-refractivity contribution in [1.82, 2.24) is 0 Å². The zero-order valence-electron chi connectivity index (χ0n) is 6.30. The van der Waals surface area contributed by atoms with E-state index in [9.17, 15) is 9.59 Å². The molecule has 72 valence electrons. The maximum atomic E-state index is 9.79. The van der Waals surface area contributed by atoms with Crippen LogP contribution in [0.4, 0.5) is 0 Å². The molecule has 0 heterocycles. The predicted molar refractivity (Wildman–Crippen MR) is 45.7 cm³/mol. The summed E-state index contributed by atoms with van der Waals surface area (Å²) in [5, 5.41) is 16.3. The minimum atomic E-state index is -0.948. The second-order valence-electron chi connectivity index (χ2n) is 1.74. The van der Waals surface area contributed by atoms with Crippen LogP contribution < -0.4 is 0 Å². The van der Waals surface area contributed by atoms with Crippen molar-refractivity contribution in [2.75, 3.05) is 5.34 Å². The van der Waals surface area contributed by atoms with E-state index in [2.05, 4.69) is 0 Å². The molecular formula is C6H10Cl2O4. The fraction of sp³-hybridized carbons (Fsp3) is 0.667. The van der Waals surface area contributed by atoms with Gasteiger partial charge in [0.05, 0.1) is 5.34 Å². The van der Waals surface area contributed by atoms with Crippen LogP contribution in [0.15, 0.2) is 0 Å². The first kappa shape index (κ1) is 14.1. The lowest BCUT2D eigenvalue weighted by molar-refractivity contribution is -0.138. The third-order valence-corrected chi connectivity index (χ3v) is 0.781. The molecule has 0 amide bonds. The van der Waals surface area contributed by atoms with Crippen LogP contribution in [0.5, 0.6) is 0 Å². The fourth-order valence-electron chi connectivity index (χ4n) is 0.391. The van der Waals surface area contributed by atoms with Gasteiger partial charge in [0.1, 0.15) is 0 Å². The molecular weight excluding hydrogens is 207 g/mol. The predicted octanol–water partition coefficient (Wildman–Crippen LogP) is 1.75. The van der Waals surface area contributed by atoms with E-state index in [1.165, 1.54) is 0 Å². The number of alkyl halides is 2. The van der Waals surface area contributed by atoms with Gasteiger partial charge in [0.2, 0.25) is 0 Å². The molecule has 0 aromatic carbocycles. The van der Waals surface area contributed by atoms with Gasteiger partial charge in [0.15, 0.2) is 0 Å². The Balaban J connectivity index is 0. The number of carboxylic acids is 2. The van der Waals surface area contributed by atoms with Gasteiger partial charge in [-0.25, -0.2) is 0 Å². The molecule has 0 spiro atoms. The molecule has 12 heavy (non-hydrogen) atoms. The van der Waals surface area contributed by atoms with Crippen molar-refractivity contribution in [3.8, 4) is 0 Å². The van der Waals surface area contributed by atoms with Crippen molar-refractivity contribution in [3.05, 3.63) is 0 Å². The number of aliphatic carboxylic acids is 2. The SMILES string of the molecule is ClCCl.O=C(O)CCCC(=O)O. The molecule has 0 fully saturated rings. The topological polar surface area (TPSA) is 74.6 Å². The summed E-state index contributed by atoms with van der Waals surface area (Å²) in [6, 6.07) is 0. The smallest absolute Gasteiger partial charge is 0.303 e. The summed E-state index contributed by atoms with van der Waals surface area (Å²) in [6.07, 6.45) is 0.0866. The van der Waals surface area contributed by atoms with Crippen LogP contribution in [-0.2, 0) is 9.59 Å². The zero-order valence-corrected chi connectivity index (χ0v) is 7.81. The van der Waals surface area contributed by atoms with Crippen molar-refractivity contribution >= 4 is 35.1 Å². The standard InChI is InChI=1S/C5H8O4.CH2Cl2/c6-4(7)2-1-3-5(8)9;2-1-3/h1-3H2,(H,6,7)(H,8,9);1H2. The van der Waals surface area contributed by atoms with Gasteiger partial charge in [-0.3, -0.25) is 9.59 Å². The quantitative estimate of drug-likeness (QED) is 0.703. The highest BCUT2D eigenvalue weighted by Gasteiger charge is 1.99. The summed E-state index contributed by atoms with van der Waals surface area (Å²) in [4.78, 5) is 19.6. The zero-order chi connectivity index (χ0) is 9.98. The summed E-state index contributed by atoms with van der Waals surface area (Å²) >= 11 is 9.53. The van der Waals surface area contributed by atoms with Gasteiger partial charge in [0, 0.05) is 12.8 Å². The number of hydrogen-bond donors (Lipinski definition) is 2. The largest absolute Gasteiger partial charge is 0.481 e. The molecule has 6 heteroatoms. The first-order valence-electron chi connectivity index (χ1n) is 3.10. The number of carbonyl (C=O) groups is 2. The Morgan fingerprint density at radius 1 is 1.00 bits per heavy atom. The van der Waals surface area contributed by atoms with Crippen LogP contribution in [0.3, 0.4) is 0 Å². The highest BCUT2D eigenvalue weighted by atomic mass is 35.5. The minimum Gasteiger partial charge on any atom is -0.481 e. The van der Waals surface area contributed by atoms with Gasteiger partial charge in [-0.05, 0) is 6.42 Å². The molecule has 0 aliphatic carbocycles. The Kier molecular flexibility index (Phi) is 12.3. The van der Waals surface area contributed by atoms with Crippen LogP contribution in [0.1, 0.15) is 19.3 Å². The fourth-order valence-corrected chi connectivity index (χ4v) is 0.391. The van der Waals surface area contributed by atoms with E-state index < -0.39 is 11.9 Å². The summed E-state index contributed by atoms with van der Waals surface area (Å²) in [6.45, 7) is 0. The Bertz CT molecular complexity index is 124. The number of halogens is 2. The molecule has 2 N–H and O–H groups in total. The molecule has 0 rings (SSSR count). The Morgan fingerprint density at radius 2 is 1.25 bits per heavy atom. The van der Waals surface area contributed by atoms with E-state index in [0.29, 0.717) is 0 Å². The van der Waals surface area contributed by atoms with Crippen LogP contribution in [0.25, 0.3) is 0 Å². The molecule has 0 saturated carbocycles. The Hall–Kier alpha value is -0.480. The van der Waals surface area contributed by atoms with E-state index in [1.807, 2.05) is 0 Å². The molecule has 0 bridgehead atoms. The van der Waals surface area contributed by atoms with Crippen LogP contribution >= 0.6 is 23.2 Å². The molecule has 4 nitrogen and oxygen atoms in total. The van der Waals surface area contributed by atoms with E-state index in [-0.39, 0.29) is 24.6 Å². The minimum absolute atomic E-state index is 0.0632. The van der Waals surface area contributed by atoms with Crippen LogP contribution in [-0.4, -0.2) is 27.5 Å². The highest BCUT2D eigenvalue weighted by Crippen LogP contribution is 1.93. The van der Waals surface area contributed by atoms with Gasteiger partial charge in [0.25, 0.3) is 0 Å². The van der Waals surface area contributed by atoms with E-state index in [1.54, 1.807) is 0 Å². The third-order valence-electron chi connectivity index (χ3n) is 0.781. The Morgan fingerprint density at radius 3 is 1.42 bits per heavy atom. The molecule has 0 aromatic heterocycles. The normalized spacial score (nSPS) is 8.17. The maximum Gasteiger partial charge on any atom is 0.303 e. The first-order valence-corrected chi connectivity index (χ1v) is 4.17. The maximum absolute atomic E-state index is 9.79. The molecule has 0 aliphatic heterocycles.